The minimum atomic E-state index is -0.274. The van der Waals surface area contributed by atoms with Crippen LogP contribution in [0.1, 0.15) is 6.42 Å². The highest BCUT2D eigenvalue weighted by molar-refractivity contribution is 5.70. The van der Waals surface area contributed by atoms with Crippen LogP contribution in [0.4, 0.5) is 4.79 Å². The summed E-state index contributed by atoms with van der Waals surface area (Å²) in [4.78, 5) is 10.6. The highest BCUT2D eigenvalue weighted by Gasteiger charge is 2.42. The molecule has 1 amide bonds. The quantitative estimate of drug-likeness (QED) is 0.477. The third-order valence-corrected chi connectivity index (χ3v) is 2.07. The summed E-state index contributed by atoms with van der Waals surface area (Å²) in [6, 6.07) is 0. The van der Waals surface area contributed by atoms with E-state index in [1.54, 1.807) is 0 Å². The number of rotatable bonds is 0. The fourth-order valence-corrected chi connectivity index (χ4v) is 1.46. The lowest BCUT2D eigenvalue weighted by molar-refractivity contribution is 0.0732. The summed E-state index contributed by atoms with van der Waals surface area (Å²) >= 11 is 0. The summed E-state index contributed by atoms with van der Waals surface area (Å²) in [5.41, 5.74) is -0.211. The average molecular weight is 142 g/mol. The molecule has 4 heteroatoms. The fourth-order valence-electron chi connectivity index (χ4n) is 1.46. The number of amides is 1. The van der Waals surface area contributed by atoms with Crippen LogP contribution in [0.2, 0.25) is 0 Å². The smallest absolute Gasteiger partial charge is 0.407 e. The Morgan fingerprint density at radius 2 is 2.40 bits per heavy atom. The highest BCUT2D eigenvalue weighted by Crippen LogP contribution is 2.22. The van der Waals surface area contributed by atoms with E-state index in [0.29, 0.717) is 6.54 Å². The molecular weight excluding hydrogens is 132 g/mol. The van der Waals surface area contributed by atoms with Gasteiger partial charge in [-0.3, -0.25) is 0 Å². The molecule has 1 unspecified atom stereocenters. The van der Waals surface area contributed by atoms with Crippen LogP contribution in [-0.2, 0) is 4.74 Å². The molecule has 2 N–H and O–H groups in total. The van der Waals surface area contributed by atoms with Crippen LogP contribution in [-0.4, -0.2) is 31.3 Å². The van der Waals surface area contributed by atoms with Gasteiger partial charge in [0.25, 0.3) is 0 Å². The number of carbonyl (C=O) groups is 1. The Kier molecular flexibility index (Phi) is 1.11. The molecule has 1 atom stereocenters. The van der Waals surface area contributed by atoms with Gasteiger partial charge in [-0.1, -0.05) is 0 Å². The van der Waals surface area contributed by atoms with Gasteiger partial charge in [-0.15, -0.1) is 0 Å². The third kappa shape index (κ3) is 0.759. The van der Waals surface area contributed by atoms with Gasteiger partial charge in [0, 0.05) is 13.0 Å². The van der Waals surface area contributed by atoms with Gasteiger partial charge >= 0.3 is 6.09 Å². The van der Waals surface area contributed by atoms with Crippen molar-refractivity contribution >= 4 is 6.09 Å². The lowest BCUT2D eigenvalue weighted by Crippen LogP contribution is -2.35. The Morgan fingerprint density at radius 1 is 1.50 bits per heavy atom. The largest absolute Gasteiger partial charge is 0.440 e. The molecule has 10 heavy (non-hydrogen) atoms. The van der Waals surface area contributed by atoms with Crippen molar-refractivity contribution in [1.29, 1.82) is 0 Å². The molecule has 0 saturated carbocycles. The van der Waals surface area contributed by atoms with Crippen LogP contribution in [0.25, 0.3) is 0 Å². The summed E-state index contributed by atoms with van der Waals surface area (Å²) < 4.78 is 5.10. The van der Waals surface area contributed by atoms with Crippen molar-refractivity contribution in [1.82, 2.24) is 10.6 Å². The number of hydrogen-bond acceptors (Lipinski definition) is 3. The Hall–Kier alpha value is -0.770. The third-order valence-electron chi connectivity index (χ3n) is 2.07. The first-order chi connectivity index (χ1) is 4.81. The van der Waals surface area contributed by atoms with E-state index in [-0.39, 0.29) is 11.7 Å². The van der Waals surface area contributed by atoms with Crippen LogP contribution in [0.3, 0.4) is 0 Å². The van der Waals surface area contributed by atoms with E-state index < -0.39 is 0 Å². The molecule has 2 rings (SSSR count). The molecule has 0 aliphatic carbocycles. The number of hydrogen-bond donors (Lipinski definition) is 2. The van der Waals surface area contributed by atoms with Crippen molar-refractivity contribution in [3.8, 4) is 0 Å². The van der Waals surface area contributed by atoms with Crippen molar-refractivity contribution in [3.63, 3.8) is 0 Å². The molecular formula is C6H10N2O2. The van der Waals surface area contributed by atoms with Crippen molar-refractivity contribution in [2.45, 2.75) is 12.0 Å². The van der Waals surface area contributed by atoms with Gasteiger partial charge in [-0.2, -0.15) is 0 Å². The molecule has 0 aromatic carbocycles. The first-order valence-electron chi connectivity index (χ1n) is 3.48. The molecule has 0 aromatic rings. The van der Waals surface area contributed by atoms with Gasteiger partial charge in [-0.25, -0.2) is 4.79 Å². The average Bonchev–Trinajstić information content (AvgIpc) is 2.46. The summed E-state index contributed by atoms with van der Waals surface area (Å²) in [6.45, 7) is 2.42. The molecule has 2 aliphatic heterocycles. The van der Waals surface area contributed by atoms with Gasteiger partial charge in [0.1, 0.15) is 5.60 Å². The van der Waals surface area contributed by atoms with Crippen LogP contribution < -0.4 is 10.6 Å². The highest BCUT2D eigenvalue weighted by atomic mass is 16.6. The van der Waals surface area contributed by atoms with Gasteiger partial charge in [0.05, 0.1) is 6.54 Å². The zero-order chi connectivity index (χ0) is 7.03. The lowest BCUT2D eigenvalue weighted by atomic mass is 10.1. The molecule has 1 spiro atoms. The molecule has 2 aliphatic rings. The molecule has 2 fully saturated rings. The van der Waals surface area contributed by atoms with Crippen LogP contribution in [0.15, 0.2) is 0 Å². The van der Waals surface area contributed by atoms with Gasteiger partial charge in [-0.05, 0) is 6.54 Å². The zero-order valence-electron chi connectivity index (χ0n) is 5.64. The maximum absolute atomic E-state index is 10.6. The fraction of sp³-hybridized carbons (Fsp3) is 0.833. The van der Waals surface area contributed by atoms with E-state index in [0.717, 1.165) is 19.5 Å². The predicted octanol–water partition coefficient (Wildman–Crippen LogP) is -0.542. The Morgan fingerprint density at radius 3 is 2.90 bits per heavy atom. The van der Waals surface area contributed by atoms with Gasteiger partial charge in [0.15, 0.2) is 0 Å². The normalized spacial score (nSPS) is 38.2. The standard InChI is InChI=1S/C6H10N2O2/c9-5-8-4-6(10-5)1-2-7-3-6/h7H,1-4H2,(H,8,9). The first-order valence-corrected chi connectivity index (χ1v) is 3.48. The summed E-state index contributed by atoms with van der Waals surface area (Å²) in [5, 5.41) is 5.81. The number of alkyl carbamates (subject to hydrolysis) is 1. The van der Waals surface area contributed by atoms with Crippen LogP contribution in [0, 0.1) is 0 Å². The molecule has 2 saturated heterocycles. The van der Waals surface area contributed by atoms with Crippen molar-refractivity contribution in [2.75, 3.05) is 19.6 Å². The van der Waals surface area contributed by atoms with Gasteiger partial charge < -0.3 is 15.4 Å². The van der Waals surface area contributed by atoms with E-state index in [4.69, 9.17) is 4.74 Å². The van der Waals surface area contributed by atoms with E-state index >= 15 is 0 Å². The van der Waals surface area contributed by atoms with Crippen LogP contribution >= 0.6 is 0 Å². The Labute approximate surface area is 58.9 Å². The predicted molar refractivity (Wildman–Crippen MR) is 34.7 cm³/mol. The monoisotopic (exact) mass is 142 g/mol. The molecule has 2 heterocycles. The minimum absolute atomic E-state index is 0.211. The summed E-state index contributed by atoms with van der Waals surface area (Å²) in [7, 11) is 0. The maximum Gasteiger partial charge on any atom is 0.407 e. The first kappa shape index (κ1) is 5.97. The van der Waals surface area contributed by atoms with E-state index in [1.165, 1.54) is 0 Å². The second-order valence-corrected chi connectivity index (χ2v) is 2.85. The summed E-state index contributed by atoms with van der Waals surface area (Å²) in [5.74, 6) is 0. The maximum atomic E-state index is 10.6. The summed E-state index contributed by atoms with van der Waals surface area (Å²) in [6.07, 6.45) is 0.662. The van der Waals surface area contributed by atoms with E-state index in [1.807, 2.05) is 0 Å². The lowest BCUT2D eigenvalue weighted by Gasteiger charge is -2.17. The van der Waals surface area contributed by atoms with E-state index in [2.05, 4.69) is 10.6 Å². The second kappa shape index (κ2) is 1.85. The Balaban J connectivity index is 2.09. The number of ether oxygens (including phenoxy) is 1. The number of carbonyl (C=O) groups excluding carboxylic acids is 1. The number of nitrogens with one attached hydrogen (secondary N) is 2. The zero-order valence-corrected chi connectivity index (χ0v) is 5.64. The van der Waals surface area contributed by atoms with Crippen molar-refractivity contribution in [2.24, 2.45) is 0 Å². The molecule has 0 aromatic heterocycles. The minimum Gasteiger partial charge on any atom is -0.440 e. The van der Waals surface area contributed by atoms with Gasteiger partial charge in [0.2, 0.25) is 0 Å². The molecule has 0 bridgehead atoms. The topological polar surface area (TPSA) is 50.4 Å². The second-order valence-electron chi connectivity index (χ2n) is 2.85. The van der Waals surface area contributed by atoms with Crippen LogP contribution in [0.5, 0.6) is 0 Å². The Bertz CT molecular complexity index is 163. The molecule has 0 radical (unpaired) electrons. The van der Waals surface area contributed by atoms with Crippen molar-refractivity contribution < 1.29 is 9.53 Å². The molecule has 56 valence electrons. The SMILES string of the molecule is O=C1NCC2(CCNC2)O1. The molecule has 4 nitrogen and oxygen atoms in total. The van der Waals surface area contributed by atoms with E-state index in [9.17, 15) is 4.79 Å². The van der Waals surface area contributed by atoms with Crippen molar-refractivity contribution in [3.05, 3.63) is 0 Å².